The van der Waals surface area contributed by atoms with Gasteiger partial charge in [-0.05, 0) is 49.4 Å². The van der Waals surface area contributed by atoms with Crippen LogP contribution in [-0.2, 0) is 29.0 Å². The van der Waals surface area contributed by atoms with Gasteiger partial charge in [0.2, 0.25) is 5.91 Å². The summed E-state index contributed by atoms with van der Waals surface area (Å²) in [5.74, 6) is -0.626. The van der Waals surface area contributed by atoms with Crippen molar-refractivity contribution in [2.24, 2.45) is 0 Å². The third-order valence-electron chi connectivity index (χ3n) is 6.39. The minimum absolute atomic E-state index is 0.0115. The van der Waals surface area contributed by atoms with Crippen LogP contribution in [0.4, 0.5) is 0 Å². The highest BCUT2D eigenvalue weighted by Gasteiger charge is 2.36. The summed E-state index contributed by atoms with van der Waals surface area (Å²) in [5, 5.41) is 2.67. The number of hydrogen-bond acceptors (Lipinski definition) is 4. The topological polar surface area (TPSA) is 80.6 Å². The summed E-state index contributed by atoms with van der Waals surface area (Å²) < 4.78 is 7.35. The van der Waals surface area contributed by atoms with Gasteiger partial charge in [-0.1, -0.05) is 24.3 Å². The van der Waals surface area contributed by atoms with E-state index in [9.17, 15) is 14.4 Å². The molecular formula is C24H29N3O4. The molecule has 2 amide bonds. The molecule has 0 spiro atoms. The van der Waals surface area contributed by atoms with E-state index in [1.165, 1.54) is 4.90 Å². The Morgan fingerprint density at radius 2 is 1.94 bits per heavy atom. The Morgan fingerprint density at radius 3 is 2.61 bits per heavy atom. The summed E-state index contributed by atoms with van der Waals surface area (Å²) in [7, 11) is 1.57. The van der Waals surface area contributed by atoms with Crippen molar-refractivity contribution in [3.63, 3.8) is 0 Å². The number of aromatic nitrogens is 1. The first-order chi connectivity index (χ1) is 14.9. The van der Waals surface area contributed by atoms with Gasteiger partial charge < -0.3 is 19.5 Å². The lowest BCUT2D eigenvalue weighted by molar-refractivity contribution is -0.125. The largest absolute Gasteiger partial charge is 0.376 e. The molecule has 0 unspecified atom stereocenters. The van der Waals surface area contributed by atoms with E-state index in [0.717, 1.165) is 29.7 Å². The SMILES string of the molecule is CNC(=O)[C@@H]1Cc2ccccc2CN1C(=O)c1c(C)cc(C)n(C[C@@H]2CCCO2)c1=O. The molecule has 0 saturated carbocycles. The fourth-order valence-corrected chi connectivity index (χ4v) is 4.69. The van der Waals surface area contributed by atoms with Crippen LogP contribution < -0.4 is 10.9 Å². The second kappa shape index (κ2) is 8.67. The van der Waals surface area contributed by atoms with Crippen LogP contribution in [0.5, 0.6) is 0 Å². The number of pyridine rings is 1. The van der Waals surface area contributed by atoms with E-state index in [1.54, 1.807) is 18.5 Å². The maximum atomic E-state index is 13.7. The fourth-order valence-electron chi connectivity index (χ4n) is 4.69. The smallest absolute Gasteiger partial charge is 0.263 e. The van der Waals surface area contributed by atoms with Crippen LogP contribution in [0.1, 0.15) is 45.6 Å². The predicted molar refractivity (Wildman–Crippen MR) is 117 cm³/mol. The van der Waals surface area contributed by atoms with Crippen molar-refractivity contribution in [3.05, 3.63) is 68.6 Å². The average Bonchev–Trinajstić information content (AvgIpc) is 3.28. The molecule has 1 fully saturated rings. The van der Waals surface area contributed by atoms with Gasteiger partial charge in [0, 0.05) is 32.3 Å². The summed E-state index contributed by atoms with van der Waals surface area (Å²) >= 11 is 0. The summed E-state index contributed by atoms with van der Waals surface area (Å²) in [6.45, 7) is 5.10. The molecule has 1 aromatic heterocycles. The Morgan fingerprint density at radius 1 is 1.19 bits per heavy atom. The van der Waals surface area contributed by atoms with Gasteiger partial charge in [0.1, 0.15) is 11.6 Å². The number of carbonyl (C=O) groups excluding carboxylic acids is 2. The number of aryl methyl sites for hydroxylation is 2. The first kappa shape index (κ1) is 21.3. The first-order valence-electron chi connectivity index (χ1n) is 10.8. The number of likely N-dealkylation sites (N-methyl/N-ethyl adjacent to an activating group) is 1. The normalized spacial score (nSPS) is 20.4. The maximum absolute atomic E-state index is 13.7. The van der Waals surface area contributed by atoms with E-state index in [1.807, 2.05) is 37.3 Å². The molecule has 2 aliphatic rings. The van der Waals surface area contributed by atoms with Crippen molar-refractivity contribution in [3.8, 4) is 0 Å². The Balaban J connectivity index is 1.73. The van der Waals surface area contributed by atoms with Crippen LogP contribution in [0, 0.1) is 13.8 Å². The summed E-state index contributed by atoms with van der Waals surface area (Å²) in [6.07, 6.45) is 2.31. The fraction of sp³-hybridized carbons (Fsp3) is 0.458. The molecule has 164 valence electrons. The molecule has 3 heterocycles. The molecule has 0 radical (unpaired) electrons. The number of ether oxygens (including phenoxy) is 1. The number of amides is 2. The maximum Gasteiger partial charge on any atom is 0.263 e. The van der Waals surface area contributed by atoms with Gasteiger partial charge in [0.05, 0.1) is 12.6 Å². The molecule has 1 aromatic carbocycles. The minimum atomic E-state index is -0.654. The number of hydrogen-bond donors (Lipinski definition) is 1. The second-order valence-corrected chi connectivity index (χ2v) is 8.43. The monoisotopic (exact) mass is 423 g/mol. The Hall–Kier alpha value is -2.93. The number of rotatable bonds is 4. The number of nitrogens with zero attached hydrogens (tertiary/aromatic N) is 2. The van der Waals surface area contributed by atoms with Gasteiger partial charge in [0.15, 0.2) is 0 Å². The van der Waals surface area contributed by atoms with Crippen LogP contribution in [0.25, 0.3) is 0 Å². The lowest BCUT2D eigenvalue weighted by atomic mass is 9.92. The molecule has 2 atom stereocenters. The molecule has 1 N–H and O–H groups in total. The van der Waals surface area contributed by atoms with Crippen LogP contribution in [0.3, 0.4) is 0 Å². The van der Waals surface area contributed by atoms with Crippen LogP contribution >= 0.6 is 0 Å². The molecule has 4 rings (SSSR count). The molecule has 0 bridgehead atoms. The van der Waals surface area contributed by atoms with Crippen LogP contribution in [0.15, 0.2) is 35.1 Å². The van der Waals surface area contributed by atoms with Crippen LogP contribution in [0.2, 0.25) is 0 Å². The third kappa shape index (κ3) is 4.02. The Labute approximate surface area is 182 Å². The molecule has 2 aromatic rings. The van der Waals surface area contributed by atoms with E-state index in [0.29, 0.717) is 31.7 Å². The highest BCUT2D eigenvalue weighted by atomic mass is 16.5. The van der Waals surface area contributed by atoms with E-state index in [-0.39, 0.29) is 23.1 Å². The van der Waals surface area contributed by atoms with Crippen molar-refractivity contribution in [2.75, 3.05) is 13.7 Å². The van der Waals surface area contributed by atoms with Gasteiger partial charge in [0.25, 0.3) is 11.5 Å². The highest BCUT2D eigenvalue weighted by Crippen LogP contribution is 2.25. The Kier molecular flexibility index (Phi) is 5.96. The van der Waals surface area contributed by atoms with Crippen LogP contribution in [-0.4, -0.2) is 47.1 Å². The summed E-state index contributed by atoms with van der Waals surface area (Å²) in [5.41, 5.74) is 3.31. The number of nitrogens with one attached hydrogen (secondary N) is 1. The standard InChI is InChI=1S/C24H29N3O4/c1-15-11-16(2)26(14-19-9-6-10-31-19)23(29)21(15)24(30)27-13-18-8-5-4-7-17(18)12-20(27)22(28)25-3/h4-5,7-8,11,19-20H,6,9-10,12-14H2,1-3H3,(H,25,28)/t19-,20-/m0/s1. The second-order valence-electron chi connectivity index (χ2n) is 8.43. The van der Waals surface area contributed by atoms with Crippen molar-refractivity contribution >= 4 is 11.8 Å². The van der Waals surface area contributed by atoms with Crippen molar-refractivity contribution < 1.29 is 14.3 Å². The van der Waals surface area contributed by atoms with Gasteiger partial charge in [-0.2, -0.15) is 0 Å². The zero-order valence-corrected chi connectivity index (χ0v) is 18.3. The third-order valence-corrected chi connectivity index (χ3v) is 6.39. The first-order valence-corrected chi connectivity index (χ1v) is 10.8. The predicted octanol–water partition coefficient (Wildman–Crippen LogP) is 1.96. The number of fused-ring (bicyclic) bond motifs is 1. The lowest BCUT2D eigenvalue weighted by Gasteiger charge is -2.36. The Bertz CT molecular complexity index is 1070. The summed E-state index contributed by atoms with van der Waals surface area (Å²) in [6, 6.07) is 9.03. The van der Waals surface area contributed by atoms with Gasteiger partial charge >= 0.3 is 0 Å². The van der Waals surface area contributed by atoms with E-state index in [4.69, 9.17) is 4.74 Å². The highest BCUT2D eigenvalue weighted by molar-refractivity contribution is 5.98. The number of benzene rings is 1. The molecular weight excluding hydrogens is 394 g/mol. The van der Waals surface area contributed by atoms with Gasteiger partial charge in [-0.15, -0.1) is 0 Å². The van der Waals surface area contributed by atoms with E-state index >= 15 is 0 Å². The lowest BCUT2D eigenvalue weighted by Crippen LogP contribution is -2.53. The molecule has 7 heteroatoms. The minimum Gasteiger partial charge on any atom is -0.376 e. The van der Waals surface area contributed by atoms with Crippen molar-refractivity contribution in [2.45, 2.75) is 58.3 Å². The quantitative estimate of drug-likeness (QED) is 0.815. The average molecular weight is 424 g/mol. The molecule has 1 saturated heterocycles. The summed E-state index contributed by atoms with van der Waals surface area (Å²) in [4.78, 5) is 41.3. The molecule has 0 aliphatic carbocycles. The van der Waals surface area contributed by atoms with Crippen molar-refractivity contribution in [1.82, 2.24) is 14.8 Å². The molecule has 7 nitrogen and oxygen atoms in total. The van der Waals surface area contributed by atoms with E-state index in [2.05, 4.69) is 5.32 Å². The number of carbonyl (C=O) groups is 2. The van der Waals surface area contributed by atoms with E-state index < -0.39 is 11.9 Å². The molecule has 2 aliphatic heterocycles. The zero-order valence-electron chi connectivity index (χ0n) is 18.3. The zero-order chi connectivity index (χ0) is 22.1. The molecule has 31 heavy (non-hydrogen) atoms. The van der Waals surface area contributed by atoms with Crippen molar-refractivity contribution in [1.29, 1.82) is 0 Å². The van der Waals surface area contributed by atoms with Gasteiger partial charge in [-0.3, -0.25) is 14.4 Å². The van der Waals surface area contributed by atoms with Gasteiger partial charge in [-0.25, -0.2) is 0 Å².